The van der Waals surface area contributed by atoms with E-state index < -0.39 is 6.04 Å². The zero-order valence-electron chi connectivity index (χ0n) is 23.3. The molecule has 0 bridgehead atoms. The van der Waals surface area contributed by atoms with Gasteiger partial charge in [0.25, 0.3) is 5.91 Å². The van der Waals surface area contributed by atoms with Crippen molar-refractivity contribution in [3.8, 4) is 6.07 Å². The fourth-order valence-corrected chi connectivity index (χ4v) is 5.35. The third-order valence-corrected chi connectivity index (χ3v) is 7.84. The molecule has 11 nitrogen and oxygen atoms in total. The van der Waals surface area contributed by atoms with E-state index in [1.807, 2.05) is 36.5 Å². The van der Waals surface area contributed by atoms with E-state index in [2.05, 4.69) is 21.6 Å². The highest BCUT2D eigenvalue weighted by Gasteiger charge is 2.37. The molecule has 0 radical (unpaired) electrons. The van der Waals surface area contributed by atoms with Crippen LogP contribution in [0.5, 0.6) is 0 Å². The number of benzene rings is 2. The molecule has 220 valence electrons. The van der Waals surface area contributed by atoms with E-state index in [4.69, 9.17) is 5.26 Å². The summed E-state index contributed by atoms with van der Waals surface area (Å²) in [6.45, 7) is 2.09. The number of hydrogen-bond donors (Lipinski definition) is 4. The Bertz CT molecular complexity index is 1340. The molecule has 4 N–H and O–H groups in total. The molecular formula is C30H35FN8O3. The zero-order valence-corrected chi connectivity index (χ0v) is 23.3. The molecule has 2 fully saturated rings. The van der Waals surface area contributed by atoms with Gasteiger partial charge in [-0.15, -0.1) is 5.53 Å². The van der Waals surface area contributed by atoms with Gasteiger partial charge in [-0.05, 0) is 67.8 Å². The van der Waals surface area contributed by atoms with Gasteiger partial charge in [-0.1, -0.05) is 12.1 Å². The van der Waals surface area contributed by atoms with Crippen molar-refractivity contribution in [1.29, 1.82) is 5.26 Å². The number of nitrogens with one attached hydrogen (secondary N) is 4. The van der Waals surface area contributed by atoms with E-state index in [-0.39, 0.29) is 30.0 Å². The Morgan fingerprint density at radius 3 is 2.40 bits per heavy atom. The number of nitrogens with zero attached hydrogens (tertiary/aromatic N) is 4. The molecule has 1 saturated heterocycles. The average Bonchev–Trinajstić information content (AvgIpc) is 3.57. The SMILES string of the molecule is N#CCC(=O)N1CCN(C(=O)[C@H](CCCN[C@@H]2C[C@H]2c2ccc(F)cc2)NC(=O)c2ccc(N3C=CNN3)cc2)CC1. The van der Waals surface area contributed by atoms with E-state index in [1.165, 1.54) is 12.1 Å². The Balaban J connectivity index is 1.17. The molecule has 2 aromatic carbocycles. The van der Waals surface area contributed by atoms with Crippen LogP contribution in [-0.2, 0) is 9.59 Å². The maximum Gasteiger partial charge on any atom is 0.251 e. The van der Waals surface area contributed by atoms with Gasteiger partial charge in [0.05, 0.1) is 11.8 Å². The predicted octanol–water partition coefficient (Wildman–Crippen LogP) is 1.73. The molecule has 12 heteroatoms. The molecule has 2 aromatic rings. The first-order valence-electron chi connectivity index (χ1n) is 14.2. The van der Waals surface area contributed by atoms with Crippen LogP contribution in [0.1, 0.15) is 47.5 Å². The Morgan fingerprint density at radius 1 is 1.02 bits per heavy atom. The van der Waals surface area contributed by atoms with E-state index >= 15 is 0 Å². The first kappa shape index (κ1) is 29.0. The summed E-state index contributed by atoms with van der Waals surface area (Å²) < 4.78 is 13.2. The van der Waals surface area contributed by atoms with Crippen LogP contribution in [0.2, 0.25) is 0 Å². The lowest BCUT2D eigenvalue weighted by molar-refractivity contribution is -0.140. The van der Waals surface area contributed by atoms with Crippen molar-refractivity contribution in [3.63, 3.8) is 0 Å². The van der Waals surface area contributed by atoms with E-state index in [1.54, 1.807) is 33.1 Å². The van der Waals surface area contributed by atoms with Gasteiger partial charge in [0.2, 0.25) is 11.8 Å². The predicted molar refractivity (Wildman–Crippen MR) is 154 cm³/mol. The first-order chi connectivity index (χ1) is 20.4. The molecule has 0 aromatic heterocycles. The van der Waals surface area contributed by atoms with Crippen LogP contribution in [0.4, 0.5) is 10.1 Å². The molecule has 2 heterocycles. The Kier molecular flexibility index (Phi) is 9.31. The lowest BCUT2D eigenvalue weighted by Crippen LogP contribution is -2.56. The quantitative estimate of drug-likeness (QED) is 0.299. The summed E-state index contributed by atoms with van der Waals surface area (Å²) in [6, 6.07) is 15.1. The molecule has 1 saturated carbocycles. The van der Waals surface area contributed by atoms with E-state index in [0.29, 0.717) is 63.1 Å². The molecule has 0 unspecified atom stereocenters. The number of halogens is 1. The monoisotopic (exact) mass is 574 g/mol. The number of amides is 3. The second-order valence-corrected chi connectivity index (χ2v) is 10.7. The van der Waals surface area contributed by atoms with Crippen molar-refractivity contribution >= 4 is 23.4 Å². The molecular weight excluding hydrogens is 539 g/mol. The van der Waals surface area contributed by atoms with Crippen LogP contribution in [-0.4, -0.2) is 72.3 Å². The number of carbonyl (C=O) groups excluding carboxylic acids is 3. The minimum absolute atomic E-state index is 0.179. The Morgan fingerprint density at radius 2 is 1.74 bits per heavy atom. The van der Waals surface area contributed by atoms with Gasteiger partial charge >= 0.3 is 0 Å². The number of nitriles is 1. The Labute approximate surface area is 244 Å². The molecule has 1 aliphatic carbocycles. The van der Waals surface area contributed by atoms with Crippen molar-refractivity contribution in [3.05, 3.63) is 77.9 Å². The number of anilines is 1. The summed E-state index contributed by atoms with van der Waals surface area (Å²) in [5.74, 6) is -0.644. The molecule has 3 aliphatic rings. The second kappa shape index (κ2) is 13.5. The summed E-state index contributed by atoms with van der Waals surface area (Å²) in [4.78, 5) is 42.1. The number of piperazine rings is 1. The fourth-order valence-electron chi connectivity index (χ4n) is 5.35. The maximum atomic E-state index is 13.6. The molecule has 3 atom stereocenters. The fraction of sp³-hybridized carbons (Fsp3) is 0.400. The molecule has 42 heavy (non-hydrogen) atoms. The van der Waals surface area contributed by atoms with Crippen molar-refractivity contribution in [2.75, 3.05) is 37.7 Å². The number of rotatable bonds is 11. The lowest BCUT2D eigenvalue weighted by atomic mass is 10.1. The van der Waals surface area contributed by atoms with Crippen molar-refractivity contribution in [2.24, 2.45) is 0 Å². The highest BCUT2D eigenvalue weighted by atomic mass is 19.1. The smallest absolute Gasteiger partial charge is 0.251 e. The normalized spacial score (nSPS) is 20.0. The number of hydrogen-bond acceptors (Lipinski definition) is 8. The van der Waals surface area contributed by atoms with Gasteiger partial charge < -0.3 is 25.9 Å². The highest BCUT2D eigenvalue weighted by Crippen LogP contribution is 2.40. The van der Waals surface area contributed by atoms with Crippen LogP contribution in [0.25, 0.3) is 0 Å². The van der Waals surface area contributed by atoms with Gasteiger partial charge in [-0.25, -0.2) is 4.39 Å². The standard InChI is InChI=1S/C30H35FN8O3/c31-23-7-3-21(4-8-23)25-20-27(25)33-13-1-2-26(30(42)38-18-16-37(17-19-38)28(40)11-12-32)35-29(41)22-5-9-24(10-6-22)39-15-14-34-36-39/h3-10,14-15,25-27,33-34,36H,1-2,11,13,16-20H2,(H,35,41)/t25-,26-,27+/m0/s1. The van der Waals surface area contributed by atoms with Gasteiger partial charge in [0, 0.05) is 56.1 Å². The van der Waals surface area contributed by atoms with E-state index in [9.17, 15) is 18.8 Å². The summed E-state index contributed by atoms with van der Waals surface area (Å²) in [5, 5.41) is 17.0. The second-order valence-electron chi connectivity index (χ2n) is 10.7. The molecule has 2 aliphatic heterocycles. The zero-order chi connectivity index (χ0) is 29.5. The maximum absolute atomic E-state index is 13.6. The van der Waals surface area contributed by atoms with Gasteiger partial charge in [0.1, 0.15) is 18.3 Å². The third kappa shape index (κ3) is 7.23. The summed E-state index contributed by atoms with van der Waals surface area (Å²) in [5.41, 5.74) is 8.19. The largest absolute Gasteiger partial charge is 0.340 e. The van der Waals surface area contributed by atoms with Crippen LogP contribution < -0.4 is 26.6 Å². The summed E-state index contributed by atoms with van der Waals surface area (Å²) in [7, 11) is 0. The minimum Gasteiger partial charge on any atom is -0.340 e. The third-order valence-electron chi connectivity index (χ3n) is 7.84. The van der Waals surface area contributed by atoms with Crippen LogP contribution >= 0.6 is 0 Å². The number of carbonyl (C=O) groups is 3. The van der Waals surface area contributed by atoms with Crippen molar-refractivity contribution in [2.45, 2.75) is 43.7 Å². The minimum atomic E-state index is -0.722. The average molecular weight is 575 g/mol. The summed E-state index contributed by atoms with van der Waals surface area (Å²) >= 11 is 0. The molecule has 0 spiro atoms. The van der Waals surface area contributed by atoms with E-state index in [0.717, 1.165) is 17.7 Å². The van der Waals surface area contributed by atoms with Crippen LogP contribution in [0, 0.1) is 17.1 Å². The first-order valence-corrected chi connectivity index (χ1v) is 14.2. The molecule has 5 rings (SSSR count). The van der Waals surface area contributed by atoms with Gasteiger partial charge in [-0.3, -0.25) is 19.4 Å². The number of hydrazine groups is 2. The Hall–Kier alpha value is -4.47. The molecule has 3 amide bonds. The van der Waals surface area contributed by atoms with Crippen molar-refractivity contribution < 1.29 is 18.8 Å². The van der Waals surface area contributed by atoms with Gasteiger partial charge in [0.15, 0.2) is 0 Å². The van der Waals surface area contributed by atoms with Crippen molar-refractivity contribution in [1.82, 2.24) is 31.4 Å². The van der Waals surface area contributed by atoms with Crippen LogP contribution in [0.15, 0.2) is 60.9 Å². The topological polar surface area (TPSA) is 133 Å². The highest BCUT2D eigenvalue weighted by molar-refractivity contribution is 5.97. The lowest BCUT2D eigenvalue weighted by Gasteiger charge is -2.36. The van der Waals surface area contributed by atoms with Crippen LogP contribution in [0.3, 0.4) is 0 Å². The summed E-state index contributed by atoms with van der Waals surface area (Å²) in [6.07, 6.45) is 5.48. The van der Waals surface area contributed by atoms with Gasteiger partial charge in [-0.2, -0.15) is 5.26 Å².